The molecule has 1 amide bonds. The molecule has 0 unspecified atom stereocenters. The molecule has 21 heavy (non-hydrogen) atoms. The molecule has 0 saturated heterocycles. The second kappa shape index (κ2) is 9.05. The fraction of sp³-hybridized carbons (Fsp3) is 0.562. The summed E-state index contributed by atoms with van der Waals surface area (Å²) < 4.78 is 6.65. The van der Waals surface area contributed by atoms with Gasteiger partial charge >= 0.3 is 0 Å². The average molecular weight is 357 g/mol. The second-order valence-electron chi connectivity index (χ2n) is 5.77. The van der Waals surface area contributed by atoms with Crippen molar-refractivity contribution in [3.05, 3.63) is 28.2 Å². The van der Waals surface area contributed by atoms with Crippen LogP contribution in [0.3, 0.4) is 0 Å². The van der Waals surface area contributed by atoms with Gasteiger partial charge in [0.05, 0.1) is 0 Å². The van der Waals surface area contributed by atoms with E-state index < -0.39 is 0 Å². The number of amides is 1. The van der Waals surface area contributed by atoms with Crippen molar-refractivity contribution < 1.29 is 9.53 Å². The van der Waals surface area contributed by atoms with Crippen molar-refractivity contribution in [2.24, 2.45) is 5.92 Å². The van der Waals surface area contributed by atoms with E-state index in [9.17, 15) is 4.79 Å². The number of hydrogen-bond acceptors (Lipinski definition) is 3. The largest absolute Gasteiger partial charge is 0.483 e. The van der Waals surface area contributed by atoms with Gasteiger partial charge in [0.15, 0.2) is 6.61 Å². The first-order valence-electron chi connectivity index (χ1n) is 7.29. The molecule has 1 aromatic carbocycles. The zero-order valence-electron chi connectivity index (χ0n) is 13.2. The van der Waals surface area contributed by atoms with Crippen LogP contribution in [0.25, 0.3) is 0 Å². The van der Waals surface area contributed by atoms with Gasteiger partial charge in [0, 0.05) is 29.2 Å². The Balaban J connectivity index is 2.59. The third-order valence-electron chi connectivity index (χ3n) is 2.79. The first-order chi connectivity index (χ1) is 9.88. The molecule has 0 aliphatic heterocycles. The maximum absolute atomic E-state index is 11.7. The minimum Gasteiger partial charge on any atom is -0.483 e. The van der Waals surface area contributed by atoms with E-state index in [1.807, 2.05) is 18.2 Å². The molecule has 1 aromatic rings. The van der Waals surface area contributed by atoms with Crippen LogP contribution in [0, 0.1) is 5.92 Å². The van der Waals surface area contributed by atoms with E-state index >= 15 is 0 Å². The van der Waals surface area contributed by atoms with E-state index in [1.54, 1.807) is 0 Å². The number of carbonyl (C=O) groups is 1. The summed E-state index contributed by atoms with van der Waals surface area (Å²) in [6, 6.07) is 6.21. The van der Waals surface area contributed by atoms with Crippen LogP contribution in [0.15, 0.2) is 22.7 Å². The van der Waals surface area contributed by atoms with Crippen molar-refractivity contribution in [2.75, 3.05) is 13.2 Å². The Morgan fingerprint density at radius 2 is 2.00 bits per heavy atom. The lowest BCUT2D eigenvalue weighted by atomic mass is 10.2. The van der Waals surface area contributed by atoms with Gasteiger partial charge in [-0.15, -0.1) is 0 Å². The highest BCUT2D eigenvalue weighted by Crippen LogP contribution is 2.23. The van der Waals surface area contributed by atoms with Crippen molar-refractivity contribution in [3.8, 4) is 5.75 Å². The fourth-order valence-electron chi connectivity index (χ4n) is 1.65. The van der Waals surface area contributed by atoms with Gasteiger partial charge in [-0.1, -0.05) is 43.6 Å². The van der Waals surface area contributed by atoms with Crippen LogP contribution in [0.2, 0.25) is 0 Å². The predicted molar refractivity (Wildman–Crippen MR) is 89.5 cm³/mol. The summed E-state index contributed by atoms with van der Waals surface area (Å²) in [5, 5.41) is 6.20. The molecular formula is C16H25BrN2O2. The maximum Gasteiger partial charge on any atom is 0.257 e. The highest BCUT2D eigenvalue weighted by atomic mass is 79.9. The van der Waals surface area contributed by atoms with Crippen LogP contribution in [-0.4, -0.2) is 25.1 Å². The predicted octanol–water partition coefficient (Wildman–Crippen LogP) is 3.10. The van der Waals surface area contributed by atoms with Gasteiger partial charge in [0.1, 0.15) is 5.75 Å². The molecule has 0 atom stereocenters. The normalized spacial score (nSPS) is 11.0. The number of ether oxygens (including phenoxy) is 1. The number of benzene rings is 1. The molecule has 0 aromatic heterocycles. The van der Waals surface area contributed by atoms with Crippen LogP contribution in [-0.2, 0) is 11.3 Å². The summed E-state index contributed by atoms with van der Waals surface area (Å²) in [4.78, 5) is 11.7. The molecule has 5 heteroatoms. The van der Waals surface area contributed by atoms with E-state index in [-0.39, 0.29) is 12.5 Å². The quantitative estimate of drug-likeness (QED) is 0.752. The van der Waals surface area contributed by atoms with E-state index in [2.05, 4.69) is 54.3 Å². The number of nitrogens with one attached hydrogen (secondary N) is 2. The Bertz CT molecular complexity index is 462. The Labute approximate surface area is 135 Å². The van der Waals surface area contributed by atoms with Crippen molar-refractivity contribution in [3.63, 3.8) is 0 Å². The summed E-state index contributed by atoms with van der Waals surface area (Å²) in [6.45, 7) is 9.74. The molecule has 0 heterocycles. The minimum atomic E-state index is -0.0885. The van der Waals surface area contributed by atoms with Gasteiger partial charge in [0.2, 0.25) is 0 Å². The lowest BCUT2D eigenvalue weighted by Gasteiger charge is -2.14. The molecule has 0 radical (unpaired) electrons. The zero-order chi connectivity index (χ0) is 15.8. The summed E-state index contributed by atoms with van der Waals surface area (Å²) in [5.74, 6) is 1.09. The molecule has 1 rings (SSSR count). The van der Waals surface area contributed by atoms with Gasteiger partial charge in [-0.05, 0) is 24.1 Å². The van der Waals surface area contributed by atoms with E-state index in [4.69, 9.17) is 4.74 Å². The highest BCUT2D eigenvalue weighted by molar-refractivity contribution is 9.10. The third kappa shape index (κ3) is 7.48. The maximum atomic E-state index is 11.7. The SMILES string of the molecule is CC(C)CNC(=O)COc1ccc(Br)cc1CNC(C)C. The fourth-order valence-corrected chi connectivity index (χ4v) is 2.06. The van der Waals surface area contributed by atoms with Gasteiger partial charge in [0.25, 0.3) is 5.91 Å². The van der Waals surface area contributed by atoms with Crippen LogP contribution in [0.4, 0.5) is 0 Å². The molecule has 0 fully saturated rings. The summed E-state index contributed by atoms with van der Waals surface area (Å²) >= 11 is 3.46. The Morgan fingerprint density at radius 3 is 2.62 bits per heavy atom. The van der Waals surface area contributed by atoms with Crippen molar-refractivity contribution in [1.82, 2.24) is 10.6 Å². The third-order valence-corrected chi connectivity index (χ3v) is 3.28. The standard InChI is InChI=1S/C16H25BrN2O2/c1-11(2)8-19-16(20)10-21-15-6-5-14(17)7-13(15)9-18-12(3)4/h5-7,11-12,18H,8-10H2,1-4H3,(H,19,20). The first-order valence-corrected chi connectivity index (χ1v) is 8.09. The summed E-state index contributed by atoms with van der Waals surface area (Å²) in [7, 11) is 0. The Kier molecular flexibility index (Phi) is 7.75. The molecule has 0 saturated carbocycles. The van der Waals surface area contributed by atoms with Crippen LogP contribution in [0.5, 0.6) is 5.75 Å². The van der Waals surface area contributed by atoms with E-state index in [1.165, 1.54) is 0 Å². The van der Waals surface area contributed by atoms with Gasteiger partial charge in [-0.3, -0.25) is 4.79 Å². The summed E-state index contributed by atoms with van der Waals surface area (Å²) in [6.07, 6.45) is 0. The van der Waals surface area contributed by atoms with Gasteiger partial charge in [-0.25, -0.2) is 0 Å². The monoisotopic (exact) mass is 356 g/mol. The van der Waals surface area contributed by atoms with Crippen LogP contribution < -0.4 is 15.4 Å². The van der Waals surface area contributed by atoms with Crippen LogP contribution >= 0.6 is 15.9 Å². The van der Waals surface area contributed by atoms with E-state index in [0.717, 1.165) is 15.8 Å². The number of hydrogen-bond donors (Lipinski definition) is 2. The van der Waals surface area contributed by atoms with Gasteiger partial charge in [-0.2, -0.15) is 0 Å². The average Bonchev–Trinajstić information content (AvgIpc) is 2.41. The first kappa shape index (κ1) is 18.0. The van der Waals surface area contributed by atoms with Crippen LogP contribution in [0.1, 0.15) is 33.3 Å². The van der Waals surface area contributed by atoms with Crippen molar-refractivity contribution in [2.45, 2.75) is 40.3 Å². The topological polar surface area (TPSA) is 50.4 Å². The summed E-state index contributed by atoms with van der Waals surface area (Å²) in [5.41, 5.74) is 1.04. The Morgan fingerprint density at radius 1 is 1.29 bits per heavy atom. The molecule has 0 bridgehead atoms. The molecule has 0 aliphatic carbocycles. The van der Waals surface area contributed by atoms with E-state index in [0.29, 0.717) is 25.0 Å². The number of rotatable bonds is 8. The second-order valence-corrected chi connectivity index (χ2v) is 6.69. The lowest BCUT2D eigenvalue weighted by Crippen LogP contribution is -2.32. The number of halogens is 1. The molecular weight excluding hydrogens is 332 g/mol. The van der Waals surface area contributed by atoms with Gasteiger partial charge < -0.3 is 15.4 Å². The van der Waals surface area contributed by atoms with Crippen molar-refractivity contribution >= 4 is 21.8 Å². The molecule has 2 N–H and O–H groups in total. The molecule has 4 nitrogen and oxygen atoms in total. The molecule has 0 spiro atoms. The highest BCUT2D eigenvalue weighted by Gasteiger charge is 2.08. The van der Waals surface area contributed by atoms with Crippen molar-refractivity contribution in [1.29, 1.82) is 0 Å². The molecule has 118 valence electrons. The smallest absolute Gasteiger partial charge is 0.257 e. The number of carbonyl (C=O) groups excluding carboxylic acids is 1. The minimum absolute atomic E-state index is 0.0447. The molecule has 0 aliphatic rings. The zero-order valence-corrected chi connectivity index (χ0v) is 14.8. The lowest BCUT2D eigenvalue weighted by molar-refractivity contribution is -0.123. The Hall–Kier alpha value is -1.07.